The summed E-state index contributed by atoms with van der Waals surface area (Å²) in [6.45, 7) is 1.83. The lowest BCUT2D eigenvalue weighted by molar-refractivity contribution is -0.118. The third-order valence-corrected chi connectivity index (χ3v) is 5.63. The van der Waals surface area contributed by atoms with Crippen LogP contribution in [0, 0.1) is 0 Å². The quantitative estimate of drug-likeness (QED) is 0.171. The molecule has 0 aliphatic carbocycles. The third kappa shape index (κ3) is 9.54. The second-order valence-electron chi connectivity index (χ2n) is 8.69. The molecule has 7 nitrogen and oxygen atoms in total. The molecule has 37 heavy (non-hydrogen) atoms. The van der Waals surface area contributed by atoms with Crippen molar-refractivity contribution in [2.45, 2.75) is 51.9 Å². The lowest BCUT2D eigenvalue weighted by Crippen LogP contribution is -2.04. The largest absolute Gasteiger partial charge is 0.494 e. The van der Waals surface area contributed by atoms with Gasteiger partial charge in [-0.15, -0.1) is 10.2 Å². The Hall–Kier alpha value is -3.97. The molecular weight excluding hydrogens is 468 g/mol. The third-order valence-electron chi connectivity index (χ3n) is 5.63. The van der Waals surface area contributed by atoms with Crippen molar-refractivity contribution in [3.05, 3.63) is 108 Å². The van der Waals surface area contributed by atoms with Crippen molar-refractivity contribution in [2.24, 2.45) is 0 Å². The molecule has 1 heterocycles. The molecule has 1 aromatic heterocycles. The van der Waals surface area contributed by atoms with Crippen LogP contribution in [0.4, 0.5) is 0 Å². The fourth-order valence-electron chi connectivity index (χ4n) is 3.67. The molecule has 3 aromatic carbocycles. The minimum Gasteiger partial charge on any atom is -0.494 e. The maximum atomic E-state index is 12.2. The predicted molar refractivity (Wildman–Crippen MR) is 139 cm³/mol. The van der Waals surface area contributed by atoms with Crippen LogP contribution in [0.2, 0.25) is 0 Å². The number of hydrogen-bond donors (Lipinski definition) is 0. The minimum atomic E-state index is 0.0902. The molecule has 0 aliphatic rings. The number of rotatable bonds is 16. The molecular formula is C30H32N2O5. The number of ketones is 1. The number of carbonyl (C=O) groups is 1. The smallest absolute Gasteiger partial charge is 0.242 e. The van der Waals surface area contributed by atoms with E-state index < -0.39 is 0 Å². The molecule has 0 amide bonds. The molecule has 0 atom stereocenters. The van der Waals surface area contributed by atoms with Gasteiger partial charge >= 0.3 is 0 Å². The Morgan fingerprint density at radius 2 is 1.27 bits per heavy atom. The van der Waals surface area contributed by atoms with Crippen molar-refractivity contribution >= 4 is 5.78 Å². The van der Waals surface area contributed by atoms with Crippen LogP contribution in [-0.4, -0.2) is 22.6 Å². The molecule has 0 bridgehead atoms. The molecule has 0 saturated heterocycles. The van der Waals surface area contributed by atoms with Gasteiger partial charge in [-0.3, -0.25) is 4.79 Å². The highest BCUT2D eigenvalue weighted by atomic mass is 16.5. The Labute approximate surface area is 217 Å². The summed E-state index contributed by atoms with van der Waals surface area (Å²) in [4.78, 5) is 12.2. The molecule has 0 N–H and O–H groups in total. The van der Waals surface area contributed by atoms with Gasteiger partial charge in [-0.2, -0.15) is 0 Å². The number of unbranched alkanes of at least 4 members (excludes halogenated alkanes) is 2. The number of benzene rings is 3. The minimum absolute atomic E-state index is 0.0902. The average Bonchev–Trinajstić information content (AvgIpc) is 3.38. The van der Waals surface area contributed by atoms with Crippen LogP contribution < -0.4 is 9.47 Å². The second-order valence-corrected chi connectivity index (χ2v) is 8.69. The predicted octanol–water partition coefficient (Wildman–Crippen LogP) is 6.12. The number of ether oxygens (including phenoxy) is 3. The zero-order valence-electron chi connectivity index (χ0n) is 20.9. The van der Waals surface area contributed by atoms with Crippen molar-refractivity contribution in [3.8, 4) is 11.5 Å². The van der Waals surface area contributed by atoms with Gasteiger partial charge in [0, 0.05) is 6.42 Å². The molecule has 0 saturated carbocycles. The number of Topliss-reactive ketones (excluding diaryl/α,β-unsaturated/α-hetero) is 1. The second kappa shape index (κ2) is 14.6. The van der Waals surface area contributed by atoms with Gasteiger partial charge < -0.3 is 18.6 Å². The molecule has 4 aromatic rings. The Morgan fingerprint density at radius 3 is 1.97 bits per heavy atom. The first-order valence-corrected chi connectivity index (χ1v) is 12.6. The summed E-state index contributed by atoms with van der Waals surface area (Å²) >= 11 is 0. The van der Waals surface area contributed by atoms with Crippen LogP contribution in [-0.2, 0) is 35.8 Å². The average molecular weight is 501 g/mol. The van der Waals surface area contributed by atoms with Gasteiger partial charge in [-0.25, -0.2) is 0 Å². The first-order chi connectivity index (χ1) is 18.2. The van der Waals surface area contributed by atoms with Crippen molar-refractivity contribution in [3.63, 3.8) is 0 Å². The van der Waals surface area contributed by atoms with E-state index in [2.05, 4.69) is 10.2 Å². The van der Waals surface area contributed by atoms with Gasteiger partial charge in [0.25, 0.3) is 0 Å². The van der Waals surface area contributed by atoms with E-state index >= 15 is 0 Å². The van der Waals surface area contributed by atoms with Gasteiger partial charge in [0.15, 0.2) is 0 Å². The van der Waals surface area contributed by atoms with E-state index in [1.54, 1.807) is 0 Å². The zero-order chi connectivity index (χ0) is 25.5. The maximum absolute atomic E-state index is 12.2. The monoisotopic (exact) mass is 500 g/mol. The molecule has 0 radical (unpaired) electrons. The Balaban J connectivity index is 1.04. The number of aromatic nitrogens is 2. The zero-order valence-corrected chi connectivity index (χ0v) is 20.9. The van der Waals surface area contributed by atoms with Gasteiger partial charge in [0.1, 0.15) is 30.5 Å². The van der Waals surface area contributed by atoms with Crippen LogP contribution >= 0.6 is 0 Å². The number of nitrogens with zero attached hydrogens (tertiary/aromatic N) is 2. The SMILES string of the molecule is O=C(CCCCCOc1ccc(OCc2ccccc2)cc1)Cc1nnc(COCc2ccccc2)o1. The summed E-state index contributed by atoms with van der Waals surface area (Å²) in [6.07, 6.45) is 3.22. The Kier molecular flexibility index (Phi) is 10.3. The summed E-state index contributed by atoms with van der Waals surface area (Å²) in [5.41, 5.74) is 2.21. The summed E-state index contributed by atoms with van der Waals surface area (Å²) in [6, 6.07) is 27.6. The highest BCUT2D eigenvalue weighted by Crippen LogP contribution is 2.19. The normalized spacial score (nSPS) is 10.8. The van der Waals surface area contributed by atoms with Crippen LogP contribution in [0.1, 0.15) is 48.6 Å². The molecule has 0 fully saturated rings. The van der Waals surface area contributed by atoms with E-state index in [1.807, 2.05) is 84.9 Å². The molecule has 0 spiro atoms. The van der Waals surface area contributed by atoms with E-state index in [0.29, 0.717) is 38.0 Å². The van der Waals surface area contributed by atoms with E-state index in [0.717, 1.165) is 41.9 Å². The first-order valence-electron chi connectivity index (χ1n) is 12.6. The number of carbonyl (C=O) groups excluding carboxylic acids is 1. The lowest BCUT2D eigenvalue weighted by Gasteiger charge is -2.09. The van der Waals surface area contributed by atoms with Crippen LogP contribution in [0.3, 0.4) is 0 Å². The maximum Gasteiger partial charge on any atom is 0.242 e. The number of hydrogen-bond acceptors (Lipinski definition) is 7. The van der Waals surface area contributed by atoms with E-state index in [4.69, 9.17) is 18.6 Å². The van der Waals surface area contributed by atoms with Gasteiger partial charge in [-0.05, 0) is 54.7 Å². The van der Waals surface area contributed by atoms with Crippen molar-refractivity contribution in [2.75, 3.05) is 6.61 Å². The van der Waals surface area contributed by atoms with Gasteiger partial charge in [0.2, 0.25) is 11.8 Å². The fraction of sp³-hybridized carbons (Fsp3) is 0.300. The molecule has 192 valence electrons. The Morgan fingerprint density at radius 1 is 0.649 bits per heavy atom. The van der Waals surface area contributed by atoms with Gasteiger partial charge in [-0.1, -0.05) is 60.7 Å². The van der Waals surface area contributed by atoms with Gasteiger partial charge in [0.05, 0.1) is 19.6 Å². The summed E-state index contributed by atoms with van der Waals surface area (Å²) in [7, 11) is 0. The van der Waals surface area contributed by atoms with E-state index in [9.17, 15) is 4.79 Å². The summed E-state index contributed by atoms with van der Waals surface area (Å²) in [5.74, 6) is 2.42. The van der Waals surface area contributed by atoms with Crippen molar-refractivity contribution in [1.29, 1.82) is 0 Å². The molecule has 0 aliphatic heterocycles. The van der Waals surface area contributed by atoms with Crippen LogP contribution in [0.15, 0.2) is 89.3 Å². The summed E-state index contributed by atoms with van der Waals surface area (Å²) < 4.78 is 22.7. The Bertz CT molecular complexity index is 1190. The fourth-order valence-corrected chi connectivity index (χ4v) is 3.67. The highest BCUT2D eigenvalue weighted by molar-refractivity contribution is 5.79. The summed E-state index contributed by atoms with van der Waals surface area (Å²) in [5, 5.41) is 7.92. The van der Waals surface area contributed by atoms with Crippen LogP contribution in [0.5, 0.6) is 11.5 Å². The van der Waals surface area contributed by atoms with E-state index in [1.165, 1.54) is 0 Å². The first kappa shape index (κ1) is 26.1. The molecule has 7 heteroatoms. The van der Waals surface area contributed by atoms with Crippen molar-refractivity contribution in [1.82, 2.24) is 10.2 Å². The standard InChI is InChI=1S/C30H32N2O5/c33-26(20-29-31-32-30(37-29)23-34-21-24-10-4-1-5-11-24)14-8-3-9-19-35-27-15-17-28(18-16-27)36-22-25-12-6-2-7-13-25/h1-2,4-7,10-13,15-18H,3,8-9,14,19-23H2. The molecule has 4 rings (SSSR count). The van der Waals surface area contributed by atoms with E-state index in [-0.39, 0.29) is 18.8 Å². The molecule has 0 unspecified atom stereocenters. The lowest BCUT2D eigenvalue weighted by atomic mass is 10.1. The highest BCUT2D eigenvalue weighted by Gasteiger charge is 2.11. The van der Waals surface area contributed by atoms with Crippen molar-refractivity contribution < 1.29 is 23.4 Å². The topological polar surface area (TPSA) is 83.7 Å². The van der Waals surface area contributed by atoms with Crippen LogP contribution in [0.25, 0.3) is 0 Å².